The first-order valence-corrected chi connectivity index (χ1v) is 9.94. The molecule has 1 N–H and O–H groups in total. The highest BCUT2D eigenvalue weighted by molar-refractivity contribution is 6.12. The maximum absolute atomic E-state index is 12.9. The molecule has 2 atom stereocenters. The molecule has 1 saturated heterocycles. The number of ketones is 1. The van der Waals surface area contributed by atoms with Crippen molar-refractivity contribution in [3.05, 3.63) is 35.4 Å². The summed E-state index contributed by atoms with van der Waals surface area (Å²) in [6.07, 6.45) is -1.95. The Morgan fingerprint density at radius 2 is 1.65 bits per heavy atom. The van der Waals surface area contributed by atoms with E-state index >= 15 is 0 Å². The average Bonchev–Trinajstić information content (AvgIpc) is 2.77. The summed E-state index contributed by atoms with van der Waals surface area (Å²) in [5.41, 5.74) is 0.247. The lowest BCUT2D eigenvalue weighted by Gasteiger charge is -2.30. The topological polar surface area (TPSA) is 137 Å². The molecule has 10 heteroatoms. The van der Waals surface area contributed by atoms with E-state index in [0.29, 0.717) is 12.8 Å². The number of rotatable bonds is 8. The summed E-state index contributed by atoms with van der Waals surface area (Å²) in [7, 11) is 0. The third kappa shape index (κ3) is 6.27. The normalized spacial score (nSPS) is 16.7. The van der Waals surface area contributed by atoms with Crippen molar-refractivity contribution in [2.75, 3.05) is 26.3 Å². The van der Waals surface area contributed by atoms with E-state index in [2.05, 4.69) is 0 Å². The number of ether oxygens (including phenoxy) is 3. The highest BCUT2D eigenvalue weighted by atomic mass is 16.6. The molecule has 0 saturated carbocycles. The summed E-state index contributed by atoms with van der Waals surface area (Å²) in [5.74, 6) is -4.20. The molecule has 31 heavy (non-hydrogen) atoms. The number of carbonyl (C=O) groups excluding carboxylic acids is 4. The van der Waals surface area contributed by atoms with Gasteiger partial charge < -0.3 is 24.2 Å². The van der Waals surface area contributed by atoms with Crippen LogP contribution in [0.5, 0.6) is 0 Å². The summed E-state index contributed by atoms with van der Waals surface area (Å²) >= 11 is 0. The molecule has 0 radical (unpaired) electrons. The lowest BCUT2D eigenvalue weighted by atomic mass is 9.99. The zero-order chi connectivity index (χ0) is 23.0. The largest absolute Gasteiger partial charge is 0.481 e. The van der Waals surface area contributed by atoms with Crippen molar-refractivity contribution in [1.29, 1.82) is 0 Å². The van der Waals surface area contributed by atoms with E-state index in [1.54, 1.807) is 6.92 Å². The standard InChI is InChI=1S/C21H25NO9/c1-3-29-19(26)14-9-7-13(8-10-14)16(23)17(20(27)30-4-2)31-21(28)22-11-5-6-15(12-22)18(24)25/h7-10,15,17H,3-6,11-12H2,1-2H3,(H,24,25). The summed E-state index contributed by atoms with van der Waals surface area (Å²) in [6, 6.07) is 5.35. The molecule has 1 amide bonds. The van der Waals surface area contributed by atoms with Crippen LogP contribution in [0.25, 0.3) is 0 Å². The van der Waals surface area contributed by atoms with Gasteiger partial charge in [-0.1, -0.05) is 12.1 Å². The molecular formula is C21H25NO9. The number of hydrogen-bond donors (Lipinski definition) is 1. The molecule has 1 aliphatic heterocycles. The summed E-state index contributed by atoms with van der Waals surface area (Å²) in [5, 5.41) is 9.17. The van der Waals surface area contributed by atoms with Crippen LogP contribution in [-0.2, 0) is 23.8 Å². The Bertz CT molecular complexity index is 834. The zero-order valence-electron chi connectivity index (χ0n) is 17.4. The van der Waals surface area contributed by atoms with Gasteiger partial charge in [-0.3, -0.25) is 9.59 Å². The Labute approximate surface area is 179 Å². The number of carbonyl (C=O) groups is 5. The summed E-state index contributed by atoms with van der Waals surface area (Å²) < 4.78 is 14.9. The third-order valence-corrected chi connectivity index (χ3v) is 4.67. The molecule has 0 bridgehead atoms. The van der Waals surface area contributed by atoms with Gasteiger partial charge in [0, 0.05) is 18.7 Å². The molecule has 10 nitrogen and oxygen atoms in total. The van der Waals surface area contributed by atoms with Gasteiger partial charge in [-0.25, -0.2) is 14.4 Å². The van der Waals surface area contributed by atoms with Crippen molar-refractivity contribution in [3.63, 3.8) is 0 Å². The minimum atomic E-state index is -1.86. The van der Waals surface area contributed by atoms with Crippen molar-refractivity contribution >= 4 is 29.8 Å². The third-order valence-electron chi connectivity index (χ3n) is 4.67. The maximum atomic E-state index is 12.9. The van der Waals surface area contributed by atoms with E-state index in [0.717, 1.165) is 4.90 Å². The van der Waals surface area contributed by atoms with Crippen LogP contribution in [0.15, 0.2) is 24.3 Å². The van der Waals surface area contributed by atoms with E-state index in [4.69, 9.17) is 19.3 Å². The highest BCUT2D eigenvalue weighted by Gasteiger charge is 2.36. The van der Waals surface area contributed by atoms with Crippen LogP contribution in [0.2, 0.25) is 0 Å². The van der Waals surface area contributed by atoms with Gasteiger partial charge in [0.05, 0.1) is 24.7 Å². The summed E-state index contributed by atoms with van der Waals surface area (Å²) in [6.45, 7) is 3.53. The van der Waals surface area contributed by atoms with Gasteiger partial charge >= 0.3 is 24.0 Å². The SMILES string of the molecule is CCOC(=O)c1ccc(C(=O)C(OC(=O)N2CCCC(C(=O)O)C2)C(=O)OCC)cc1. The Morgan fingerprint density at radius 3 is 2.23 bits per heavy atom. The fraction of sp³-hybridized carbons (Fsp3) is 0.476. The van der Waals surface area contributed by atoms with E-state index in [1.165, 1.54) is 31.2 Å². The second-order valence-electron chi connectivity index (χ2n) is 6.80. The molecule has 168 valence electrons. The van der Waals surface area contributed by atoms with Crippen LogP contribution in [0.3, 0.4) is 0 Å². The quantitative estimate of drug-likeness (QED) is 0.281. The van der Waals surface area contributed by atoms with Gasteiger partial charge in [-0.15, -0.1) is 0 Å². The van der Waals surface area contributed by atoms with Crippen LogP contribution in [0, 0.1) is 5.92 Å². The van der Waals surface area contributed by atoms with Crippen molar-refractivity contribution in [3.8, 4) is 0 Å². The maximum Gasteiger partial charge on any atom is 0.411 e. The van der Waals surface area contributed by atoms with Gasteiger partial charge in [0.15, 0.2) is 0 Å². The van der Waals surface area contributed by atoms with Crippen LogP contribution >= 0.6 is 0 Å². The van der Waals surface area contributed by atoms with E-state index in [-0.39, 0.29) is 37.4 Å². The minimum Gasteiger partial charge on any atom is -0.481 e. The predicted octanol–water partition coefficient (Wildman–Crippen LogP) is 1.91. The molecule has 2 rings (SSSR count). The zero-order valence-corrected chi connectivity index (χ0v) is 17.4. The van der Waals surface area contributed by atoms with Crippen LogP contribution in [0.4, 0.5) is 4.79 Å². The number of likely N-dealkylation sites (tertiary alicyclic amines) is 1. The number of benzene rings is 1. The number of hydrogen-bond acceptors (Lipinski definition) is 8. The monoisotopic (exact) mass is 435 g/mol. The average molecular weight is 435 g/mol. The van der Waals surface area contributed by atoms with Gasteiger partial charge in [0.2, 0.25) is 5.78 Å². The molecule has 1 heterocycles. The Balaban J connectivity index is 2.16. The van der Waals surface area contributed by atoms with Crippen molar-refractivity contribution in [2.24, 2.45) is 5.92 Å². The van der Waals surface area contributed by atoms with Crippen molar-refractivity contribution < 1.29 is 43.3 Å². The number of piperidine rings is 1. The first-order chi connectivity index (χ1) is 14.8. The molecule has 0 aromatic heterocycles. The van der Waals surface area contributed by atoms with Gasteiger partial charge in [-0.2, -0.15) is 0 Å². The highest BCUT2D eigenvalue weighted by Crippen LogP contribution is 2.19. The van der Waals surface area contributed by atoms with Crippen molar-refractivity contribution in [2.45, 2.75) is 32.8 Å². The molecular weight excluding hydrogens is 410 g/mol. The fourth-order valence-corrected chi connectivity index (χ4v) is 3.08. The van der Waals surface area contributed by atoms with Crippen LogP contribution < -0.4 is 0 Å². The minimum absolute atomic E-state index is 0.0287. The Hall–Kier alpha value is -3.43. The second kappa shape index (κ2) is 11.1. The Morgan fingerprint density at radius 1 is 1.03 bits per heavy atom. The molecule has 0 spiro atoms. The lowest BCUT2D eigenvalue weighted by molar-refractivity contribution is -0.151. The number of amides is 1. The number of aliphatic carboxylic acids is 1. The first-order valence-electron chi connectivity index (χ1n) is 9.94. The van der Waals surface area contributed by atoms with Crippen molar-refractivity contribution in [1.82, 2.24) is 4.90 Å². The molecule has 1 fully saturated rings. The summed E-state index contributed by atoms with van der Waals surface area (Å²) in [4.78, 5) is 61.8. The molecule has 1 aromatic carbocycles. The van der Waals surface area contributed by atoms with E-state index < -0.39 is 41.8 Å². The van der Waals surface area contributed by atoms with Crippen LogP contribution in [0.1, 0.15) is 47.4 Å². The molecule has 0 aliphatic carbocycles. The fourth-order valence-electron chi connectivity index (χ4n) is 3.08. The number of Topliss-reactive ketones (excluding diaryl/α,β-unsaturated/α-hetero) is 1. The lowest BCUT2D eigenvalue weighted by Crippen LogP contribution is -2.46. The number of carboxylic acids is 1. The van der Waals surface area contributed by atoms with Crippen LogP contribution in [-0.4, -0.2) is 72.2 Å². The molecule has 1 aromatic rings. The van der Waals surface area contributed by atoms with Gasteiger partial charge in [-0.05, 0) is 38.8 Å². The number of nitrogens with zero attached hydrogens (tertiary/aromatic N) is 1. The predicted molar refractivity (Wildman–Crippen MR) is 106 cm³/mol. The smallest absolute Gasteiger partial charge is 0.411 e. The van der Waals surface area contributed by atoms with Gasteiger partial charge in [0.1, 0.15) is 0 Å². The number of esters is 2. The molecule has 1 aliphatic rings. The first kappa shape index (κ1) is 23.8. The molecule has 2 unspecified atom stereocenters. The number of carboxylic acid groups (broad SMARTS) is 1. The Kier molecular flexibility index (Phi) is 8.53. The van der Waals surface area contributed by atoms with E-state index in [9.17, 15) is 24.0 Å². The van der Waals surface area contributed by atoms with E-state index in [1.807, 2.05) is 0 Å². The van der Waals surface area contributed by atoms with Gasteiger partial charge in [0.25, 0.3) is 6.10 Å². The second-order valence-corrected chi connectivity index (χ2v) is 6.80.